The van der Waals surface area contributed by atoms with Gasteiger partial charge < -0.3 is 5.32 Å². The Bertz CT molecular complexity index is 501. The van der Waals surface area contributed by atoms with E-state index in [1.54, 1.807) is 10.9 Å². The van der Waals surface area contributed by atoms with Gasteiger partial charge in [-0.3, -0.25) is 9.48 Å². The van der Waals surface area contributed by atoms with Crippen molar-refractivity contribution < 1.29 is 4.79 Å². The highest BCUT2D eigenvalue weighted by atomic mass is 32.1. The van der Waals surface area contributed by atoms with Crippen molar-refractivity contribution in [2.75, 3.05) is 5.32 Å². The van der Waals surface area contributed by atoms with E-state index >= 15 is 0 Å². The van der Waals surface area contributed by atoms with E-state index in [-0.39, 0.29) is 5.91 Å². The van der Waals surface area contributed by atoms with Crippen molar-refractivity contribution in [1.82, 2.24) is 9.78 Å². The van der Waals surface area contributed by atoms with E-state index < -0.39 is 0 Å². The van der Waals surface area contributed by atoms with Gasteiger partial charge in [0.05, 0.1) is 16.8 Å². The van der Waals surface area contributed by atoms with Crippen LogP contribution in [0.3, 0.4) is 0 Å². The summed E-state index contributed by atoms with van der Waals surface area (Å²) in [7, 11) is 0. The molecule has 4 nitrogen and oxygen atoms in total. The molecule has 1 N–H and O–H groups in total. The molecule has 0 aromatic carbocycles. The molecule has 1 amide bonds. The normalized spacial score (nSPS) is 10.4. The van der Waals surface area contributed by atoms with Gasteiger partial charge in [-0.05, 0) is 26.0 Å². The van der Waals surface area contributed by atoms with Crippen molar-refractivity contribution in [2.45, 2.75) is 20.4 Å². The summed E-state index contributed by atoms with van der Waals surface area (Å²) >= 11 is 1.49. The number of hydrogen-bond acceptors (Lipinski definition) is 3. The molecular weight excluding hydrogens is 222 g/mol. The Kier molecular flexibility index (Phi) is 3.05. The van der Waals surface area contributed by atoms with Crippen LogP contribution in [0.5, 0.6) is 0 Å². The van der Waals surface area contributed by atoms with Gasteiger partial charge in [-0.15, -0.1) is 11.3 Å². The third-order valence-electron chi connectivity index (χ3n) is 2.18. The summed E-state index contributed by atoms with van der Waals surface area (Å²) in [5, 5.41) is 6.91. The fourth-order valence-electron chi connectivity index (χ4n) is 1.35. The van der Waals surface area contributed by atoms with Crippen LogP contribution in [0.2, 0.25) is 0 Å². The largest absolute Gasteiger partial charge is 0.319 e. The summed E-state index contributed by atoms with van der Waals surface area (Å²) < 4.78 is 1.77. The average molecular weight is 235 g/mol. The third-order valence-corrected chi connectivity index (χ3v) is 3.18. The Hall–Kier alpha value is -1.62. The maximum Gasteiger partial charge on any atom is 0.265 e. The molecule has 0 bridgehead atoms. The first-order chi connectivity index (χ1) is 7.69. The Labute approximate surface area is 97.9 Å². The fourth-order valence-corrected chi connectivity index (χ4v) is 2.11. The van der Waals surface area contributed by atoms with E-state index in [0.717, 1.165) is 22.0 Å². The van der Waals surface area contributed by atoms with Crippen LogP contribution in [-0.4, -0.2) is 15.7 Å². The fraction of sp³-hybridized carbons (Fsp3) is 0.273. The third kappa shape index (κ3) is 2.30. The van der Waals surface area contributed by atoms with Crippen molar-refractivity contribution in [3.8, 4) is 0 Å². The highest BCUT2D eigenvalue weighted by Crippen LogP contribution is 2.16. The molecule has 0 spiro atoms. The summed E-state index contributed by atoms with van der Waals surface area (Å²) in [6, 6.07) is 3.77. The second-order valence-electron chi connectivity index (χ2n) is 3.45. The van der Waals surface area contributed by atoms with Gasteiger partial charge >= 0.3 is 0 Å². The lowest BCUT2D eigenvalue weighted by Crippen LogP contribution is -2.09. The molecule has 0 aliphatic carbocycles. The number of hydrogen-bond donors (Lipinski definition) is 1. The SMILES string of the molecule is CCn1cc(NC(=O)c2ccc(C)s2)cn1. The zero-order chi connectivity index (χ0) is 11.5. The quantitative estimate of drug-likeness (QED) is 0.888. The molecule has 0 aliphatic rings. The average Bonchev–Trinajstić information content (AvgIpc) is 2.87. The van der Waals surface area contributed by atoms with Crippen LogP contribution in [0.15, 0.2) is 24.5 Å². The summed E-state index contributed by atoms with van der Waals surface area (Å²) in [5.74, 6) is -0.0752. The molecule has 2 rings (SSSR count). The van der Waals surface area contributed by atoms with Gasteiger partial charge in [0.1, 0.15) is 0 Å². The number of nitrogens with zero attached hydrogens (tertiary/aromatic N) is 2. The molecule has 0 fully saturated rings. The van der Waals surface area contributed by atoms with E-state index in [1.807, 2.05) is 32.2 Å². The van der Waals surface area contributed by atoms with Crippen LogP contribution < -0.4 is 5.32 Å². The standard InChI is InChI=1S/C11H13N3OS/c1-3-14-7-9(6-12-14)13-11(15)10-5-4-8(2)16-10/h4-7H,3H2,1-2H3,(H,13,15). The number of rotatable bonds is 3. The summed E-state index contributed by atoms with van der Waals surface area (Å²) in [6.07, 6.45) is 3.47. The highest BCUT2D eigenvalue weighted by molar-refractivity contribution is 7.14. The Morgan fingerprint density at radius 2 is 2.38 bits per heavy atom. The Morgan fingerprint density at radius 1 is 1.56 bits per heavy atom. The first-order valence-corrected chi connectivity index (χ1v) is 5.91. The van der Waals surface area contributed by atoms with Crippen molar-refractivity contribution >= 4 is 22.9 Å². The number of aromatic nitrogens is 2. The maximum atomic E-state index is 11.8. The van der Waals surface area contributed by atoms with E-state index in [2.05, 4.69) is 10.4 Å². The monoisotopic (exact) mass is 235 g/mol. The van der Waals surface area contributed by atoms with Crippen LogP contribution in [0, 0.1) is 6.92 Å². The molecule has 0 unspecified atom stereocenters. The Morgan fingerprint density at radius 3 is 2.94 bits per heavy atom. The Balaban J connectivity index is 2.07. The minimum atomic E-state index is -0.0752. The van der Waals surface area contributed by atoms with E-state index in [0.29, 0.717) is 0 Å². The molecule has 16 heavy (non-hydrogen) atoms. The molecule has 2 aromatic heterocycles. The number of thiophene rings is 1. The van der Waals surface area contributed by atoms with Crippen molar-refractivity contribution in [1.29, 1.82) is 0 Å². The molecule has 5 heteroatoms. The molecule has 0 atom stereocenters. The molecule has 0 aliphatic heterocycles. The van der Waals surface area contributed by atoms with Gasteiger partial charge in [-0.1, -0.05) is 0 Å². The molecular formula is C11H13N3OS. The number of aryl methyl sites for hydroxylation is 2. The van der Waals surface area contributed by atoms with Crippen molar-refractivity contribution in [3.05, 3.63) is 34.3 Å². The van der Waals surface area contributed by atoms with Gasteiger partial charge in [0.2, 0.25) is 0 Å². The number of carbonyl (C=O) groups is 1. The maximum absolute atomic E-state index is 11.8. The lowest BCUT2D eigenvalue weighted by Gasteiger charge is -1.98. The summed E-state index contributed by atoms with van der Waals surface area (Å²) in [6.45, 7) is 4.78. The summed E-state index contributed by atoms with van der Waals surface area (Å²) in [5.41, 5.74) is 0.734. The second-order valence-corrected chi connectivity index (χ2v) is 4.74. The zero-order valence-corrected chi connectivity index (χ0v) is 10.0. The first kappa shape index (κ1) is 10.9. The lowest BCUT2D eigenvalue weighted by molar-refractivity contribution is 0.103. The van der Waals surface area contributed by atoms with Gasteiger partial charge in [0, 0.05) is 17.6 Å². The topological polar surface area (TPSA) is 46.9 Å². The van der Waals surface area contributed by atoms with Gasteiger partial charge in [0.25, 0.3) is 5.91 Å². The van der Waals surface area contributed by atoms with Crippen molar-refractivity contribution in [3.63, 3.8) is 0 Å². The first-order valence-electron chi connectivity index (χ1n) is 5.09. The van der Waals surface area contributed by atoms with Gasteiger partial charge in [-0.25, -0.2) is 0 Å². The van der Waals surface area contributed by atoms with Crippen LogP contribution >= 0.6 is 11.3 Å². The minimum Gasteiger partial charge on any atom is -0.319 e. The van der Waals surface area contributed by atoms with Crippen LogP contribution in [-0.2, 0) is 6.54 Å². The number of amides is 1. The number of nitrogens with one attached hydrogen (secondary N) is 1. The minimum absolute atomic E-state index is 0.0752. The lowest BCUT2D eigenvalue weighted by atomic mass is 10.4. The molecule has 0 saturated heterocycles. The number of anilines is 1. The van der Waals surface area contributed by atoms with Gasteiger partial charge in [0.15, 0.2) is 0 Å². The number of carbonyl (C=O) groups excluding carboxylic acids is 1. The van der Waals surface area contributed by atoms with E-state index in [1.165, 1.54) is 11.3 Å². The predicted octanol–water partition coefficient (Wildman–Crippen LogP) is 2.53. The zero-order valence-electron chi connectivity index (χ0n) is 9.23. The van der Waals surface area contributed by atoms with Crippen LogP contribution in [0.25, 0.3) is 0 Å². The van der Waals surface area contributed by atoms with E-state index in [9.17, 15) is 4.79 Å². The molecule has 0 saturated carbocycles. The molecule has 0 radical (unpaired) electrons. The predicted molar refractivity (Wildman–Crippen MR) is 64.9 cm³/mol. The van der Waals surface area contributed by atoms with Crippen LogP contribution in [0.4, 0.5) is 5.69 Å². The smallest absolute Gasteiger partial charge is 0.265 e. The van der Waals surface area contributed by atoms with Crippen LogP contribution in [0.1, 0.15) is 21.5 Å². The van der Waals surface area contributed by atoms with Crippen molar-refractivity contribution in [2.24, 2.45) is 0 Å². The second kappa shape index (κ2) is 4.49. The molecule has 84 valence electrons. The highest BCUT2D eigenvalue weighted by Gasteiger charge is 2.08. The van der Waals surface area contributed by atoms with E-state index in [4.69, 9.17) is 0 Å². The molecule has 2 aromatic rings. The molecule has 2 heterocycles. The van der Waals surface area contributed by atoms with Gasteiger partial charge in [-0.2, -0.15) is 5.10 Å². The summed E-state index contributed by atoms with van der Waals surface area (Å²) in [4.78, 5) is 13.6.